The monoisotopic (exact) mass is 781 g/mol. The van der Waals surface area contributed by atoms with Gasteiger partial charge in [0.25, 0.3) is 0 Å². The first-order valence-electron chi connectivity index (χ1n) is 15.7. The summed E-state index contributed by atoms with van der Waals surface area (Å²) >= 11 is 0. The minimum Gasteiger partial charge on any atom is -0.506 e. The van der Waals surface area contributed by atoms with E-state index in [1.165, 1.54) is 22.3 Å². The van der Waals surface area contributed by atoms with Crippen LogP contribution in [0.2, 0.25) is 0 Å². The molecule has 0 radical (unpaired) electrons. The van der Waals surface area contributed by atoms with E-state index in [2.05, 4.69) is 125 Å². The molecule has 2 aromatic heterocycles. The minimum atomic E-state index is -0.228. The molecule has 8 rings (SSSR count). The molecule has 4 aromatic carbocycles. The van der Waals surface area contributed by atoms with Crippen molar-refractivity contribution in [2.45, 2.75) is 57.8 Å². The normalized spacial score (nSPS) is 16.4. The minimum absolute atomic E-state index is 0. The van der Waals surface area contributed by atoms with Crippen LogP contribution in [0.3, 0.4) is 0 Å². The van der Waals surface area contributed by atoms with Crippen molar-refractivity contribution in [1.29, 1.82) is 0 Å². The van der Waals surface area contributed by atoms with E-state index in [1.807, 2.05) is 30.5 Å². The number of para-hydroxylation sites is 1. The predicted molar refractivity (Wildman–Crippen MR) is 184 cm³/mol. The SMILES string of the molecule is CC1(C)c2ccc(-c3ccc4c5c(cc(O)c4n3)C(C)(C)C(C)(C)c3ccccc3-5)[c-]c2N(c2ccccn2)c2ccccc21.[Pt]. The van der Waals surface area contributed by atoms with Gasteiger partial charge in [0.15, 0.2) is 0 Å². The summed E-state index contributed by atoms with van der Waals surface area (Å²) in [5, 5.41) is 12.5. The number of anilines is 3. The van der Waals surface area contributed by atoms with Crippen molar-refractivity contribution in [3.63, 3.8) is 0 Å². The van der Waals surface area contributed by atoms with Gasteiger partial charge in [-0.15, -0.1) is 23.8 Å². The Morgan fingerprint density at radius 3 is 2.15 bits per heavy atom. The van der Waals surface area contributed by atoms with Gasteiger partial charge in [0.05, 0.1) is 0 Å². The Labute approximate surface area is 285 Å². The van der Waals surface area contributed by atoms with Crippen molar-refractivity contribution >= 4 is 28.1 Å². The third kappa shape index (κ3) is 4.09. The second-order valence-corrected chi connectivity index (χ2v) is 14.0. The molecule has 0 unspecified atom stereocenters. The number of rotatable bonds is 2. The van der Waals surface area contributed by atoms with Crippen molar-refractivity contribution in [1.82, 2.24) is 9.97 Å². The number of pyridine rings is 2. The molecule has 3 heterocycles. The molecule has 0 atom stereocenters. The van der Waals surface area contributed by atoms with E-state index in [0.717, 1.165) is 45.0 Å². The van der Waals surface area contributed by atoms with Crippen LogP contribution in [0.1, 0.15) is 63.8 Å². The van der Waals surface area contributed by atoms with Crippen LogP contribution in [0.4, 0.5) is 17.2 Å². The molecule has 5 heteroatoms. The first-order valence-corrected chi connectivity index (χ1v) is 15.7. The van der Waals surface area contributed by atoms with E-state index >= 15 is 0 Å². The number of fused-ring (bicyclic) bond motifs is 7. The Morgan fingerprint density at radius 2 is 1.39 bits per heavy atom. The van der Waals surface area contributed by atoms with Crippen LogP contribution in [-0.2, 0) is 37.3 Å². The number of phenols is 1. The molecule has 0 saturated carbocycles. The summed E-state index contributed by atoms with van der Waals surface area (Å²) in [5.41, 5.74) is 11.0. The van der Waals surface area contributed by atoms with Gasteiger partial charge in [0, 0.05) is 38.3 Å². The molecule has 4 nitrogen and oxygen atoms in total. The summed E-state index contributed by atoms with van der Waals surface area (Å²) in [4.78, 5) is 12.1. The van der Waals surface area contributed by atoms with Gasteiger partial charge < -0.3 is 10.0 Å². The quantitative estimate of drug-likeness (QED) is 0.178. The van der Waals surface area contributed by atoms with Crippen LogP contribution >= 0.6 is 0 Å². The molecule has 0 fully saturated rings. The fraction of sp³-hybridized carbons (Fsp3) is 0.220. The summed E-state index contributed by atoms with van der Waals surface area (Å²) in [5.74, 6) is 1.05. The zero-order valence-electron chi connectivity index (χ0n) is 26.9. The van der Waals surface area contributed by atoms with Gasteiger partial charge in [-0.05, 0) is 79.7 Å². The van der Waals surface area contributed by atoms with Crippen LogP contribution in [0.5, 0.6) is 5.75 Å². The van der Waals surface area contributed by atoms with E-state index in [1.54, 1.807) is 0 Å². The molecule has 0 spiro atoms. The third-order valence-electron chi connectivity index (χ3n) is 10.9. The standard InChI is InChI=1S/C41H36N3O.Pt/c1-39(2)29-15-9-10-16-33(29)44(36-17-11-12-22-42-36)34-23-25(18-20-30(34)39)32-21-19-27-37-26-13-7-8-14-28(26)40(3,4)41(5,6)31(37)24-35(45)38(27)43-32;/h7-22,24,45H,1-6H3;/q-1;. The number of aromatic hydroxyl groups is 1. The van der Waals surface area contributed by atoms with E-state index in [0.29, 0.717) is 5.52 Å². The van der Waals surface area contributed by atoms with Gasteiger partial charge in [-0.3, -0.25) is 4.98 Å². The summed E-state index contributed by atoms with van der Waals surface area (Å²) < 4.78 is 0. The van der Waals surface area contributed by atoms with Crippen LogP contribution in [0, 0.1) is 6.07 Å². The van der Waals surface area contributed by atoms with Crippen LogP contribution in [0.25, 0.3) is 33.3 Å². The van der Waals surface area contributed by atoms with E-state index in [-0.39, 0.29) is 43.1 Å². The molecule has 1 N–H and O–H groups in total. The average Bonchev–Trinajstić information content (AvgIpc) is 3.04. The predicted octanol–water partition coefficient (Wildman–Crippen LogP) is 10.1. The zero-order valence-corrected chi connectivity index (χ0v) is 29.2. The van der Waals surface area contributed by atoms with Crippen LogP contribution in [-0.4, -0.2) is 15.1 Å². The van der Waals surface area contributed by atoms with Crippen LogP contribution < -0.4 is 4.90 Å². The molecule has 0 amide bonds. The van der Waals surface area contributed by atoms with E-state index < -0.39 is 0 Å². The van der Waals surface area contributed by atoms with Crippen molar-refractivity contribution in [3.8, 4) is 28.1 Å². The summed E-state index contributed by atoms with van der Waals surface area (Å²) in [7, 11) is 0. The Bertz CT molecular complexity index is 2170. The fourth-order valence-electron chi connectivity index (χ4n) is 7.63. The van der Waals surface area contributed by atoms with E-state index in [4.69, 9.17) is 9.97 Å². The van der Waals surface area contributed by atoms with E-state index in [9.17, 15) is 5.11 Å². The second-order valence-electron chi connectivity index (χ2n) is 14.0. The number of benzene rings is 4. The van der Waals surface area contributed by atoms with Crippen molar-refractivity contribution in [2.24, 2.45) is 0 Å². The first-order chi connectivity index (χ1) is 21.5. The first kappa shape index (κ1) is 30.4. The van der Waals surface area contributed by atoms with Gasteiger partial charge in [-0.1, -0.05) is 108 Å². The molecular formula is C41H36N3OPt-. The smallest absolute Gasteiger partial charge is 0.141 e. The maximum absolute atomic E-state index is 11.5. The second kappa shape index (κ2) is 10.4. The molecular weight excluding hydrogens is 746 g/mol. The summed E-state index contributed by atoms with van der Waals surface area (Å²) in [6, 6.07) is 37.4. The maximum atomic E-state index is 11.5. The molecule has 2 aliphatic rings. The molecule has 46 heavy (non-hydrogen) atoms. The average molecular weight is 782 g/mol. The Balaban J connectivity index is 0.00000338. The largest absolute Gasteiger partial charge is 0.506 e. The third-order valence-corrected chi connectivity index (χ3v) is 10.9. The van der Waals surface area contributed by atoms with Gasteiger partial charge >= 0.3 is 0 Å². The Hall–Kier alpha value is -4.27. The van der Waals surface area contributed by atoms with Gasteiger partial charge in [0.1, 0.15) is 17.1 Å². The number of hydrogen-bond donors (Lipinski definition) is 1. The number of aromatic nitrogens is 2. The number of phenolic OH excluding ortho intramolecular Hbond substituents is 1. The van der Waals surface area contributed by atoms with Gasteiger partial charge in [-0.25, -0.2) is 4.98 Å². The van der Waals surface area contributed by atoms with Gasteiger partial charge in [-0.2, -0.15) is 0 Å². The molecule has 232 valence electrons. The zero-order chi connectivity index (χ0) is 31.3. The molecule has 0 bridgehead atoms. The number of nitrogens with zero attached hydrogens (tertiary/aromatic N) is 3. The molecule has 1 aliphatic carbocycles. The molecule has 1 aliphatic heterocycles. The summed E-state index contributed by atoms with van der Waals surface area (Å²) in [6.45, 7) is 13.7. The molecule has 6 aromatic rings. The van der Waals surface area contributed by atoms with Gasteiger partial charge in [0.2, 0.25) is 0 Å². The topological polar surface area (TPSA) is 49.3 Å². The molecule has 0 saturated heterocycles. The summed E-state index contributed by atoms with van der Waals surface area (Å²) in [6.07, 6.45) is 1.83. The fourth-order valence-corrected chi connectivity index (χ4v) is 7.63. The maximum Gasteiger partial charge on any atom is 0.141 e. The Morgan fingerprint density at radius 1 is 0.696 bits per heavy atom. The van der Waals surface area contributed by atoms with Crippen molar-refractivity contribution < 1.29 is 26.2 Å². The Kier molecular flexibility index (Phi) is 6.85. The van der Waals surface area contributed by atoms with Crippen LogP contribution in [0.15, 0.2) is 103 Å². The van der Waals surface area contributed by atoms with Crippen molar-refractivity contribution in [2.75, 3.05) is 4.90 Å². The van der Waals surface area contributed by atoms with Crippen molar-refractivity contribution in [3.05, 3.63) is 132 Å². The number of hydrogen-bond acceptors (Lipinski definition) is 4.